The number of hydrogen-bond donors (Lipinski definition) is 3. The zero-order chi connectivity index (χ0) is 8.36. The van der Waals surface area contributed by atoms with Gasteiger partial charge in [0, 0.05) is 0 Å². The fraction of sp³-hybridized carbons (Fsp3) is 0.500. The first kappa shape index (κ1) is 9.87. The molecule has 60 valence electrons. The van der Waals surface area contributed by atoms with Crippen LogP contribution in [-0.4, -0.2) is 26.4 Å². The summed E-state index contributed by atoms with van der Waals surface area (Å²) in [5, 5.41) is 7.95. The first-order valence-electron chi connectivity index (χ1n) is 1.94. The number of halogens is 1. The third-order valence-corrected chi connectivity index (χ3v) is 1.31. The molecule has 0 heterocycles. The quantitative estimate of drug-likeness (QED) is 0.419. The Bertz CT molecular complexity index is 173. The number of carbonyl (C=O) groups is 1. The molecule has 1 unspecified atom stereocenters. The van der Waals surface area contributed by atoms with Gasteiger partial charge < -0.3 is 14.9 Å². The number of aliphatic carboxylic acids is 1. The Morgan fingerprint density at radius 1 is 1.60 bits per heavy atom. The van der Waals surface area contributed by atoms with Crippen LogP contribution in [0, 0.1) is 0 Å². The minimum Gasteiger partial charge on any atom is -0.478 e. The smallest absolute Gasteiger partial charge is 0.471 e. The van der Waals surface area contributed by atoms with Crippen molar-refractivity contribution in [3.05, 3.63) is 0 Å². The van der Waals surface area contributed by atoms with E-state index in [4.69, 9.17) is 26.5 Å². The maximum Gasteiger partial charge on any atom is 0.471 e. The van der Waals surface area contributed by atoms with Crippen LogP contribution in [0.5, 0.6) is 0 Å². The van der Waals surface area contributed by atoms with E-state index in [1.54, 1.807) is 0 Å². The van der Waals surface area contributed by atoms with E-state index < -0.39 is 19.4 Å². The highest BCUT2D eigenvalue weighted by Gasteiger charge is 2.25. The molecule has 0 spiro atoms. The highest BCUT2D eigenvalue weighted by Crippen LogP contribution is 2.38. The molecule has 6 nitrogen and oxygen atoms in total. The predicted molar refractivity (Wildman–Crippen MR) is 30.4 cm³/mol. The van der Waals surface area contributed by atoms with Crippen LogP contribution in [0.15, 0.2) is 0 Å². The molecule has 10 heavy (non-hydrogen) atoms. The molecule has 3 N–H and O–H groups in total. The second kappa shape index (κ2) is 3.32. The number of rotatable bonds is 3. The van der Waals surface area contributed by atoms with Crippen molar-refractivity contribution in [2.45, 2.75) is 5.56 Å². The molecule has 0 aliphatic carbocycles. The average molecular weight is 190 g/mol. The lowest BCUT2D eigenvalue weighted by Gasteiger charge is -2.05. The molecule has 0 aliphatic rings. The summed E-state index contributed by atoms with van der Waals surface area (Å²) in [6, 6.07) is 0. The molecule has 0 rings (SSSR count). The van der Waals surface area contributed by atoms with Crippen molar-refractivity contribution >= 4 is 25.4 Å². The van der Waals surface area contributed by atoms with Gasteiger partial charge in [-0.05, 0) is 0 Å². The van der Waals surface area contributed by atoms with Crippen LogP contribution in [0.4, 0.5) is 0 Å². The van der Waals surface area contributed by atoms with Crippen LogP contribution < -0.4 is 0 Å². The molecule has 0 radical (unpaired) electrons. The van der Waals surface area contributed by atoms with Crippen LogP contribution in [0.25, 0.3) is 0 Å². The minimum atomic E-state index is -4.79. The number of hydrogen-bond acceptors (Lipinski definition) is 3. The molecule has 0 saturated carbocycles. The summed E-state index contributed by atoms with van der Waals surface area (Å²) in [6.45, 7) is 0. The second-order valence-electron chi connectivity index (χ2n) is 1.25. The molecule has 0 saturated heterocycles. The topological polar surface area (TPSA) is 104 Å². The molecule has 0 bridgehead atoms. The Hall–Kier alpha value is -0.130. The molecule has 0 aromatic carbocycles. The maximum absolute atomic E-state index is 9.87. The van der Waals surface area contributed by atoms with E-state index in [9.17, 15) is 9.36 Å². The van der Waals surface area contributed by atoms with Crippen LogP contribution in [0.2, 0.25) is 0 Å². The summed E-state index contributed by atoms with van der Waals surface area (Å²) in [5.41, 5.74) is -2.01. The number of carboxylic acid groups (broad SMARTS) is 1. The summed E-state index contributed by atoms with van der Waals surface area (Å²) < 4.78 is 13.4. The highest BCUT2D eigenvalue weighted by molar-refractivity contribution is 7.46. The van der Waals surface area contributed by atoms with Crippen molar-refractivity contribution < 1.29 is 28.8 Å². The Balaban J connectivity index is 3.93. The summed E-state index contributed by atoms with van der Waals surface area (Å²) >= 11 is 4.79. The Kier molecular flexibility index (Phi) is 3.27. The van der Waals surface area contributed by atoms with Crippen molar-refractivity contribution in [1.82, 2.24) is 0 Å². The van der Waals surface area contributed by atoms with Crippen LogP contribution >= 0.6 is 19.4 Å². The van der Waals surface area contributed by atoms with E-state index in [0.29, 0.717) is 0 Å². The van der Waals surface area contributed by atoms with Crippen LogP contribution in [0.1, 0.15) is 0 Å². The summed E-state index contributed by atoms with van der Waals surface area (Å²) in [4.78, 5) is 25.7. The third kappa shape index (κ3) is 4.72. The normalized spacial score (nSPS) is 14.7. The van der Waals surface area contributed by atoms with Gasteiger partial charge >= 0.3 is 13.8 Å². The standard InChI is InChI=1S/C2H4ClO6P/c3-1(2(4)5)9-10(6,7)8/h1H,(H,4,5)(H2,6,7,8). The lowest BCUT2D eigenvalue weighted by Crippen LogP contribution is -2.15. The van der Waals surface area contributed by atoms with Crippen molar-refractivity contribution in [1.29, 1.82) is 0 Å². The zero-order valence-corrected chi connectivity index (χ0v) is 6.12. The minimum absolute atomic E-state index is 1.65. The van der Waals surface area contributed by atoms with Gasteiger partial charge in [0.1, 0.15) is 0 Å². The van der Waals surface area contributed by atoms with Gasteiger partial charge in [-0.1, -0.05) is 11.6 Å². The predicted octanol–water partition coefficient (Wildman–Crippen LogP) is -0.255. The summed E-state index contributed by atoms with van der Waals surface area (Å²) in [6.07, 6.45) is 0. The first-order chi connectivity index (χ1) is 4.33. The van der Waals surface area contributed by atoms with Gasteiger partial charge in [-0.25, -0.2) is 9.36 Å². The van der Waals surface area contributed by atoms with Gasteiger partial charge in [0.05, 0.1) is 0 Å². The van der Waals surface area contributed by atoms with Crippen molar-refractivity contribution in [3.63, 3.8) is 0 Å². The van der Waals surface area contributed by atoms with Gasteiger partial charge in [0.2, 0.25) is 5.56 Å². The molecule has 1 atom stereocenters. The van der Waals surface area contributed by atoms with Crippen molar-refractivity contribution in [2.75, 3.05) is 0 Å². The van der Waals surface area contributed by atoms with Gasteiger partial charge in [-0.15, -0.1) is 0 Å². The first-order valence-corrected chi connectivity index (χ1v) is 3.90. The van der Waals surface area contributed by atoms with Gasteiger partial charge in [-0.3, -0.25) is 4.52 Å². The maximum atomic E-state index is 9.87. The lowest BCUT2D eigenvalue weighted by molar-refractivity contribution is -0.141. The lowest BCUT2D eigenvalue weighted by atomic mass is 10.8. The molecule has 0 aromatic rings. The highest BCUT2D eigenvalue weighted by atomic mass is 35.5. The SMILES string of the molecule is O=C(O)C(Cl)OP(=O)(O)O. The van der Waals surface area contributed by atoms with E-state index in [-0.39, 0.29) is 0 Å². The molecule has 0 aliphatic heterocycles. The number of phosphoric acid groups is 1. The van der Waals surface area contributed by atoms with E-state index in [1.807, 2.05) is 0 Å². The van der Waals surface area contributed by atoms with Gasteiger partial charge in [0.15, 0.2) is 0 Å². The van der Waals surface area contributed by atoms with E-state index in [2.05, 4.69) is 4.52 Å². The van der Waals surface area contributed by atoms with Crippen LogP contribution in [-0.2, 0) is 13.9 Å². The molecular formula is C2H4ClO6P. The molecule has 0 amide bonds. The Labute approximate surface area is 60.6 Å². The largest absolute Gasteiger partial charge is 0.478 e. The monoisotopic (exact) mass is 190 g/mol. The van der Waals surface area contributed by atoms with Crippen molar-refractivity contribution in [3.8, 4) is 0 Å². The van der Waals surface area contributed by atoms with Gasteiger partial charge in [0.25, 0.3) is 0 Å². The summed E-state index contributed by atoms with van der Waals surface area (Å²) in [7, 11) is -4.79. The Morgan fingerprint density at radius 2 is 2.00 bits per heavy atom. The third-order valence-electron chi connectivity index (χ3n) is 0.424. The van der Waals surface area contributed by atoms with Gasteiger partial charge in [-0.2, -0.15) is 0 Å². The average Bonchev–Trinajstić information content (AvgIpc) is 1.60. The summed E-state index contributed by atoms with van der Waals surface area (Å²) in [5.74, 6) is -1.65. The second-order valence-corrected chi connectivity index (χ2v) is 2.84. The number of alkyl halides is 1. The number of phosphoric ester groups is 1. The van der Waals surface area contributed by atoms with E-state index in [0.717, 1.165) is 0 Å². The fourth-order valence-electron chi connectivity index (χ4n) is 0.166. The van der Waals surface area contributed by atoms with Crippen LogP contribution in [0.3, 0.4) is 0 Å². The molecule has 0 aromatic heterocycles. The zero-order valence-electron chi connectivity index (χ0n) is 4.47. The molecular weight excluding hydrogens is 186 g/mol. The Morgan fingerprint density at radius 3 is 2.10 bits per heavy atom. The van der Waals surface area contributed by atoms with E-state index in [1.165, 1.54) is 0 Å². The molecule has 8 heteroatoms. The fourth-order valence-corrected chi connectivity index (χ4v) is 0.808. The van der Waals surface area contributed by atoms with Crippen molar-refractivity contribution in [2.24, 2.45) is 0 Å². The number of carboxylic acids is 1. The van der Waals surface area contributed by atoms with E-state index >= 15 is 0 Å². The molecule has 0 fully saturated rings.